The van der Waals surface area contributed by atoms with Crippen molar-refractivity contribution < 1.29 is 9.59 Å². The zero-order chi connectivity index (χ0) is 20.9. The number of hydrogen-bond acceptors (Lipinski definition) is 4. The van der Waals surface area contributed by atoms with Crippen molar-refractivity contribution in [3.63, 3.8) is 0 Å². The highest BCUT2D eigenvalue weighted by atomic mass is 16.2. The molecule has 2 heterocycles. The van der Waals surface area contributed by atoms with E-state index < -0.39 is 0 Å². The van der Waals surface area contributed by atoms with E-state index in [0.29, 0.717) is 17.9 Å². The second kappa shape index (κ2) is 8.77. The Kier molecular flexibility index (Phi) is 5.74. The fourth-order valence-corrected chi connectivity index (χ4v) is 3.70. The molecule has 2 aromatic heterocycles. The van der Waals surface area contributed by atoms with Crippen LogP contribution in [0.4, 0.5) is 16.2 Å². The number of nitrogens with zero attached hydrogens (tertiary/aromatic N) is 3. The number of rotatable bonds is 5. The van der Waals surface area contributed by atoms with Gasteiger partial charge in [0.15, 0.2) is 0 Å². The van der Waals surface area contributed by atoms with Crippen LogP contribution in [0.3, 0.4) is 0 Å². The first kappa shape index (κ1) is 19.6. The van der Waals surface area contributed by atoms with Crippen molar-refractivity contribution in [2.75, 3.05) is 10.6 Å². The molecule has 4 rings (SSSR count). The number of fused-ring (bicyclic) bond motifs is 1. The maximum absolute atomic E-state index is 12.9. The summed E-state index contributed by atoms with van der Waals surface area (Å²) in [6.45, 7) is 0.403. The average molecular weight is 404 g/mol. The van der Waals surface area contributed by atoms with Gasteiger partial charge in [0.05, 0.1) is 11.6 Å². The molecule has 3 N–H and O–H groups in total. The Morgan fingerprint density at radius 1 is 1.13 bits per heavy atom. The zero-order valence-electron chi connectivity index (χ0n) is 16.8. The van der Waals surface area contributed by atoms with Crippen LogP contribution in [0.5, 0.6) is 0 Å². The third-order valence-corrected chi connectivity index (χ3v) is 5.13. The normalized spacial score (nSPS) is 15.2. The fraction of sp³-hybridized carbons (Fsp3) is 0.273. The molecule has 8 nitrogen and oxygen atoms in total. The molecule has 3 amide bonds. The summed E-state index contributed by atoms with van der Waals surface area (Å²) >= 11 is 0. The lowest BCUT2D eigenvalue weighted by Gasteiger charge is -2.21. The van der Waals surface area contributed by atoms with Gasteiger partial charge in [0, 0.05) is 49.1 Å². The van der Waals surface area contributed by atoms with Gasteiger partial charge in [-0.1, -0.05) is 6.07 Å². The van der Waals surface area contributed by atoms with Crippen molar-refractivity contribution in [1.29, 1.82) is 0 Å². The van der Waals surface area contributed by atoms with E-state index in [9.17, 15) is 9.59 Å². The lowest BCUT2D eigenvalue weighted by Crippen LogP contribution is -2.28. The summed E-state index contributed by atoms with van der Waals surface area (Å²) in [5.41, 5.74) is 4.22. The van der Waals surface area contributed by atoms with Crippen LogP contribution in [0.15, 0.2) is 55.0 Å². The minimum absolute atomic E-state index is 0.0526. The first-order valence-electron chi connectivity index (χ1n) is 9.95. The minimum Gasteiger partial charge on any atom is -0.334 e. The third-order valence-electron chi connectivity index (χ3n) is 5.13. The number of nitrogens with one attached hydrogen (secondary N) is 3. The van der Waals surface area contributed by atoms with Gasteiger partial charge in [-0.3, -0.25) is 14.5 Å². The lowest BCUT2D eigenvalue weighted by molar-refractivity contribution is -0.117. The Balaban J connectivity index is 1.36. The second-order valence-electron chi connectivity index (χ2n) is 7.38. The molecule has 1 atom stereocenters. The summed E-state index contributed by atoms with van der Waals surface area (Å²) in [5, 5.41) is 13.0. The van der Waals surface area contributed by atoms with Gasteiger partial charge in [0.25, 0.3) is 0 Å². The Bertz CT molecular complexity index is 1050. The van der Waals surface area contributed by atoms with Crippen LogP contribution in [-0.4, -0.2) is 26.7 Å². The molecule has 0 saturated carbocycles. The van der Waals surface area contributed by atoms with Crippen LogP contribution in [0.25, 0.3) is 0 Å². The van der Waals surface area contributed by atoms with E-state index in [2.05, 4.69) is 26.0 Å². The van der Waals surface area contributed by atoms with Gasteiger partial charge in [-0.25, -0.2) is 4.79 Å². The van der Waals surface area contributed by atoms with Crippen LogP contribution < -0.4 is 16.0 Å². The molecule has 1 aliphatic carbocycles. The van der Waals surface area contributed by atoms with Crippen molar-refractivity contribution >= 4 is 23.3 Å². The summed E-state index contributed by atoms with van der Waals surface area (Å²) in [6.07, 6.45) is 7.96. The van der Waals surface area contributed by atoms with Crippen molar-refractivity contribution in [3.05, 3.63) is 71.8 Å². The van der Waals surface area contributed by atoms with Gasteiger partial charge in [-0.15, -0.1) is 0 Å². The van der Waals surface area contributed by atoms with E-state index in [0.717, 1.165) is 36.1 Å². The summed E-state index contributed by atoms with van der Waals surface area (Å²) in [4.78, 5) is 29.0. The van der Waals surface area contributed by atoms with E-state index in [1.807, 2.05) is 31.4 Å². The van der Waals surface area contributed by atoms with E-state index in [4.69, 9.17) is 0 Å². The summed E-state index contributed by atoms with van der Waals surface area (Å²) in [5.74, 6) is -0.258. The van der Waals surface area contributed by atoms with E-state index >= 15 is 0 Å². The highest BCUT2D eigenvalue weighted by Gasteiger charge is 2.28. The zero-order valence-corrected chi connectivity index (χ0v) is 16.8. The number of aryl methyl sites for hydroxylation is 2. The summed E-state index contributed by atoms with van der Waals surface area (Å²) in [6, 6.07) is 10.5. The van der Waals surface area contributed by atoms with Crippen LogP contribution >= 0.6 is 0 Å². The number of aromatic nitrogens is 3. The first-order chi connectivity index (χ1) is 14.6. The van der Waals surface area contributed by atoms with Crippen molar-refractivity contribution in [1.82, 2.24) is 20.1 Å². The van der Waals surface area contributed by atoms with Gasteiger partial charge in [0.1, 0.15) is 0 Å². The Hall–Kier alpha value is -3.68. The van der Waals surface area contributed by atoms with Crippen molar-refractivity contribution in [2.24, 2.45) is 7.05 Å². The van der Waals surface area contributed by atoms with Crippen LogP contribution in [0.1, 0.15) is 35.6 Å². The first-order valence-corrected chi connectivity index (χ1v) is 9.95. The molecule has 0 saturated heterocycles. The molecule has 0 bridgehead atoms. The topological polar surface area (TPSA) is 101 Å². The maximum Gasteiger partial charge on any atom is 0.319 e. The number of benzene rings is 1. The Morgan fingerprint density at radius 2 is 1.90 bits per heavy atom. The van der Waals surface area contributed by atoms with Crippen LogP contribution in [-0.2, 0) is 24.8 Å². The number of urea groups is 1. The van der Waals surface area contributed by atoms with Crippen LogP contribution in [0, 0.1) is 0 Å². The molecule has 30 heavy (non-hydrogen) atoms. The van der Waals surface area contributed by atoms with E-state index in [1.54, 1.807) is 35.3 Å². The predicted molar refractivity (Wildman–Crippen MR) is 114 cm³/mol. The number of pyridine rings is 1. The third kappa shape index (κ3) is 4.65. The minimum atomic E-state index is -0.317. The number of amides is 3. The van der Waals surface area contributed by atoms with Gasteiger partial charge >= 0.3 is 6.03 Å². The van der Waals surface area contributed by atoms with Crippen molar-refractivity contribution in [3.8, 4) is 0 Å². The number of carbonyl (C=O) groups is 2. The number of hydrogen-bond donors (Lipinski definition) is 3. The molecular weight excluding hydrogens is 380 g/mol. The SMILES string of the molecule is Cn1cc2c(n1)CCCC2C(=O)Nc1cccc(NC(=O)NCc2ccncc2)c1. The molecule has 1 unspecified atom stereocenters. The standard InChI is InChI=1S/C22H24N6O2/c1-28-14-19-18(6-3-7-20(19)27-28)21(29)25-16-4-2-5-17(12-16)26-22(30)24-13-15-8-10-23-11-9-15/h2,4-5,8-12,14,18H,3,6-7,13H2,1H3,(H,25,29)(H2,24,26,30). The lowest BCUT2D eigenvalue weighted by atomic mass is 9.86. The highest BCUT2D eigenvalue weighted by molar-refractivity contribution is 5.97. The highest BCUT2D eigenvalue weighted by Crippen LogP contribution is 2.32. The predicted octanol–water partition coefficient (Wildman–Crippen LogP) is 3.20. The molecular formula is C22H24N6O2. The number of anilines is 2. The van der Waals surface area contributed by atoms with E-state index in [1.165, 1.54) is 0 Å². The van der Waals surface area contributed by atoms with E-state index in [-0.39, 0.29) is 17.9 Å². The monoisotopic (exact) mass is 404 g/mol. The molecule has 0 radical (unpaired) electrons. The largest absolute Gasteiger partial charge is 0.334 e. The Labute approximate surface area is 174 Å². The summed E-state index contributed by atoms with van der Waals surface area (Å²) < 4.78 is 1.77. The smallest absolute Gasteiger partial charge is 0.319 e. The van der Waals surface area contributed by atoms with Gasteiger partial charge in [-0.05, 0) is 55.2 Å². The molecule has 0 aliphatic heterocycles. The van der Waals surface area contributed by atoms with Gasteiger partial charge in [0.2, 0.25) is 5.91 Å². The molecule has 1 aliphatic rings. The van der Waals surface area contributed by atoms with Crippen molar-refractivity contribution in [2.45, 2.75) is 31.7 Å². The molecule has 8 heteroatoms. The summed E-state index contributed by atoms with van der Waals surface area (Å²) in [7, 11) is 1.88. The average Bonchev–Trinajstić information content (AvgIpc) is 3.13. The molecule has 1 aromatic carbocycles. The fourth-order valence-electron chi connectivity index (χ4n) is 3.70. The molecule has 154 valence electrons. The van der Waals surface area contributed by atoms with Gasteiger partial charge < -0.3 is 16.0 Å². The second-order valence-corrected chi connectivity index (χ2v) is 7.38. The quantitative estimate of drug-likeness (QED) is 0.608. The number of carbonyl (C=O) groups excluding carboxylic acids is 2. The molecule has 0 fully saturated rings. The Morgan fingerprint density at radius 3 is 2.70 bits per heavy atom. The van der Waals surface area contributed by atoms with Crippen LogP contribution in [0.2, 0.25) is 0 Å². The maximum atomic E-state index is 12.9. The molecule has 3 aromatic rings. The van der Waals surface area contributed by atoms with Gasteiger partial charge in [-0.2, -0.15) is 5.10 Å². The molecule has 0 spiro atoms.